The highest BCUT2D eigenvalue weighted by atomic mass is 16.3. The fourth-order valence-corrected chi connectivity index (χ4v) is 3.67. The van der Waals surface area contributed by atoms with Crippen LogP contribution in [0.1, 0.15) is 28.8 Å². The fraction of sp³-hybridized carbons (Fsp3) is 0.238. The lowest BCUT2D eigenvalue weighted by molar-refractivity contribution is 0.0116. The van der Waals surface area contributed by atoms with Crippen molar-refractivity contribution in [3.63, 3.8) is 0 Å². The first-order valence-electron chi connectivity index (χ1n) is 8.79. The molecule has 0 radical (unpaired) electrons. The second-order valence-corrected chi connectivity index (χ2v) is 6.79. The molecule has 2 aromatic carbocycles. The minimum absolute atomic E-state index is 0.456. The highest BCUT2D eigenvalue weighted by molar-refractivity contribution is 6.06. The first kappa shape index (κ1) is 16.5. The van der Waals surface area contributed by atoms with Gasteiger partial charge in [-0.3, -0.25) is 4.79 Å². The molecule has 0 aliphatic carbocycles. The van der Waals surface area contributed by atoms with Crippen molar-refractivity contribution >= 4 is 22.6 Å². The van der Waals surface area contributed by atoms with Gasteiger partial charge in [-0.15, -0.1) is 0 Å². The van der Waals surface area contributed by atoms with E-state index in [1.165, 1.54) is 0 Å². The molecule has 0 saturated carbocycles. The molecule has 0 spiro atoms. The minimum Gasteiger partial charge on any atom is -0.385 e. The predicted molar refractivity (Wildman–Crippen MR) is 102 cm³/mol. The molecule has 26 heavy (non-hydrogen) atoms. The van der Waals surface area contributed by atoms with Gasteiger partial charge in [0.05, 0.1) is 16.7 Å². The van der Waals surface area contributed by atoms with Crippen molar-refractivity contribution in [3.8, 4) is 0 Å². The number of piperidine rings is 1. The van der Waals surface area contributed by atoms with E-state index < -0.39 is 11.5 Å². The zero-order chi connectivity index (χ0) is 18.1. The van der Waals surface area contributed by atoms with Crippen molar-refractivity contribution in [2.75, 3.05) is 18.0 Å². The Morgan fingerprint density at radius 2 is 1.69 bits per heavy atom. The van der Waals surface area contributed by atoms with Crippen molar-refractivity contribution in [3.05, 3.63) is 71.8 Å². The Balaban J connectivity index is 1.63. The monoisotopic (exact) mass is 347 g/mol. The number of fused-ring (bicyclic) bond motifs is 1. The standard InChI is InChI=1S/C21H21N3O2/c22-20(25)17-14-19(23-18-9-5-4-8-16(17)18)24-12-10-21(26,11-13-24)15-6-2-1-3-7-15/h1-9,14,26H,10-13H2,(H2,22,25). The molecule has 0 bridgehead atoms. The average Bonchev–Trinajstić information content (AvgIpc) is 2.68. The highest BCUT2D eigenvalue weighted by Gasteiger charge is 2.34. The molecule has 0 unspecified atom stereocenters. The van der Waals surface area contributed by atoms with Crippen LogP contribution in [0.5, 0.6) is 0 Å². The number of amides is 1. The van der Waals surface area contributed by atoms with Crippen molar-refractivity contribution in [1.29, 1.82) is 0 Å². The number of rotatable bonds is 3. The summed E-state index contributed by atoms with van der Waals surface area (Å²) in [5.74, 6) is 0.273. The third kappa shape index (κ3) is 2.91. The third-order valence-electron chi connectivity index (χ3n) is 5.19. The lowest BCUT2D eigenvalue weighted by Gasteiger charge is -2.39. The van der Waals surface area contributed by atoms with Crippen LogP contribution in [0, 0.1) is 0 Å². The first-order chi connectivity index (χ1) is 12.6. The van der Waals surface area contributed by atoms with E-state index in [2.05, 4.69) is 4.90 Å². The van der Waals surface area contributed by atoms with Gasteiger partial charge in [0.1, 0.15) is 5.82 Å². The summed E-state index contributed by atoms with van der Waals surface area (Å²) < 4.78 is 0. The molecule has 1 aromatic heterocycles. The molecule has 1 aliphatic heterocycles. The molecule has 1 aliphatic rings. The van der Waals surface area contributed by atoms with E-state index in [0.717, 1.165) is 22.3 Å². The van der Waals surface area contributed by atoms with Gasteiger partial charge in [0.2, 0.25) is 5.91 Å². The number of aliphatic hydroxyl groups is 1. The number of aromatic nitrogens is 1. The Hall–Kier alpha value is -2.92. The number of anilines is 1. The van der Waals surface area contributed by atoms with E-state index in [4.69, 9.17) is 10.7 Å². The lowest BCUT2D eigenvalue weighted by atomic mass is 9.84. The predicted octanol–water partition coefficient (Wildman–Crippen LogP) is 2.82. The quantitative estimate of drug-likeness (QED) is 0.763. The summed E-state index contributed by atoms with van der Waals surface area (Å²) in [6.45, 7) is 1.32. The molecule has 4 rings (SSSR count). The van der Waals surface area contributed by atoms with Gasteiger partial charge in [-0.05, 0) is 30.5 Å². The molecular weight excluding hydrogens is 326 g/mol. The summed E-state index contributed by atoms with van der Waals surface area (Å²) in [4.78, 5) is 18.7. The first-order valence-corrected chi connectivity index (χ1v) is 8.79. The van der Waals surface area contributed by atoms with Crippen LogP contribution in [-0.2, 0) is 5.60 Å². The van der Waals surface area contributed by atoms with Crippen molar-refractivity contribution < 1.29 is 9.90 Å². The van der Waals surface area contributed by atoms with Gasteiger partial charge in [0.15, 0.2) is 0 Å². The normalized spacial score (nSPS) is 16.6. The summed E-state index contributed by atoms with van der Waals surface area (Å²) in [5.41, 5.74) is 6.94. The Morgan fingerprint density at radius 1 is 1.04 bits per heavy atom. The van der Waals surface area contributed by atoms with E-state index >= 15 is 0 Å². The zero-order valence-electron chi connectivity index (χ0n) is 14.4. The number of carbonyl (C=O) groups is 1. The molecule has 2 heterocycles. The van der Waals surface area contributed by atoms with Crippen molar-refractivity contribution in [2.45, 2.75) is 18.4 Å². The van der Waals surface area contributed by atoms with E-state index in [1.54, 1.807) is 6.07 Å². The van der Waals surface area contributed by atoms with Crippen LogP contribution in [0.2, 0.25) is 0 Å². The number of carbonyl (C=O) groups excluding carboxylic acids is 1. The van der Waals surface area contributed by atoms with Gasteiger partial charge in [0, 0.05) is 18.5 Å². The van der Waals surface area contributed by atoms with Gasteiger partial charge in [-0.2, -0.15) is 0 Å². The largest absolute Gasteiger partial charge is 0.385 e. The Bertz CT molecular complexity index is 948. The summed E-state index contributed by atoms with van der Waals surface area (Å²) >= 11 is 0. The smallest absolute Gasteiger partial charge is 0.249 e. The summed E-state index contributed by atoms with van der Waals surface area (Å²) in [5, 5.41) is 11.8. The van der Waals surface area contributed by atoms with Gasteiger partial charge in [-0.25, -0.2) is 4.98 Å². The van der Waals surface area contributed by atoms with Gasteiger partial charge < -0.3 is 15.7 Å². The van der Waals surface area contributed by atoms with Crippen LogP contribution >= 0.6 is 0 Å². The molecular formula is C21H21N3O2. The summed E-state index contributed by atoms with van der Waals surface area (Å²) in [7, 11) is 0. The molecule has 1 fully saturated rings. The molecule has 1 saturated heterocycles. The molecule has 132 valence electrons. The zero-order valence-corrected chi connectivity index (χ0v) is 14.4. The van der Waals surface area contributed by atoms with E-state index in [9.17, 15) is 9.90 Å². The number of nitrogens with two attached hydrogens (primary N) is 1. The second kappa shape index (κ2) is 6.42. The van der Waals surface area contributed by atoms with Crippen LogP contribution < -0.4 is 10.6 Å². The van der Waals surface area contributed by atoms with Gasteiger partial charge in [0.25, 0.3) is 0 Å². The highest BCUT2D eigenvalue weighted by Crippen LogP contribution is 2.34. The number of pyridine rings is 1. The number of nitrogens with zero attached hydrogens (tertiary/aromatic N) is 2. The van der Waals surface area contributed by atoms with Crippen molar-refractivity contribution in [2.24, 2.45) is 5.73 Å². The third-order valence-corrected chi connectivity index (χ3v) is 5.19. The molecule has 0 atom stereocenters. The number of hydrogen-bond acceptors (Lipinski definition) is 4. The fourth-order valence-electron chi connectivity index (χ4n) is 3.67. The van der Waals surface area contributed by atoms with E-state index in [1.807, 2.05) is 54.6 Å². The SMILES string of the molecule is NC(=O)c1cc(N2CCC(O)(c3ccccc3)CC2)nc2ccccc12. The van der Waals surface area contributed by atoms with Gasteiger partial charge >= 0.3 is 0 Å². The lowest BCUT2D eigenvalue weighted by Crippen LogP contribution is -2.43. The molecule has 5 nitrogen and oxygen atoms in total. The maximum atomic E-state index is 11.9. The van der Waals surface area contributed by atoms with Crippen molar-refractivity contribution in [1.82, 2.24) is 4.98 Å². The molecule has 5 heteroatoms. The van der Waals surface area contributed by atoms with Crippen LogP contribution in [0.25, 0.3) is 10.9 Å². The second-order valence-electron chi connectivity index (χ2n) is 6.79. The maximum Gasteiger partial charge on any atom is 0.249 e. The Kier molecular flexibility index (Phi) is 4.09. The van der Waals surface area contributed by atoms with Crippen LogP contribution in [0.4, 0.5) is 5.82 Å². The Morgan fingerprint density at radius 3 is 2.38 bits per heavy atom. The average molecular weight is 347 g/mol. The molecule has 1 amide bonds. The number of benzene rings is 2. The van der Waals surface area contributed by atoms with Crippen LogP contribution in [0.3, 0.4) is 0 Å². The summed E-state index contributed by atoms with van der Waals surface area (Å²) in [6, 6.07) is 19.1. The van der Waals surface area contributed by atoms with Crippen LogP contribution in [0.15, 0.2) is 60.7 Å². The Labute approximate surface area is 152 Å². The number of para-hydroxylation sites is 1. The van der Waals surface area contributed by atoms with Gasteiger partial charge in [-0.1, -0.05) is 48.5 Å². The molecule has 3 N–H and O–H groups in total. The van der Waals surface area contributed by atoms with Crippen LogP contribution in [-0.4, -0.2) is 29.1 Å². The van der Waals surface area contributed by atoms with E-state index in [0.29, 0.717) is 31.5 Å². The number of primary amides is 1. The molecule has 3 aromatic rings. The topological polar surface area (TPSA) is 79.5 Å². The summed E-state index contributed by atoms with van der Waals surface area (Å²) in [6.07, 6.45) is 1.22. The van der Waals surface area contributed by atoms with E-state index in [-0.39, 0.29) is 0 Å². The number of hydrogen-bond donors (Lipinski definition) is 2. The maximum absolute atomic E-state index is 11.9. The minimum atomic E-state index is -0.818.